The van der Waals surface area contributed by atoms with Gasteiger partial charge in [0, 0.05) is 12.1 Å². The van der Waals surface area contributed by atoms with Crippen molar-refractivity contribution in [2.75, 3.05) is 13.7 Å². The van der Waals surface area contributed by atoms with Crippen LogP contribution in [0.15, 0.2) is 60.7 Å². The van der Waals surface area contributed by atoms with Gasteiger partial charge in [-0.1, -0.05) is 36.4 Å². The van der Waals surface area contributed by atoms with Crippen LogP contribution in [-0.4, -0.2) is 31.2 Å². The molecule has 156 valence electrons. The van der Waals surface area contributed by atoms with Crippen LogP contribution in [0.5, 0.6) is 11.5 Å². The van der Waals surface area contributed by atoms with Gasteiger partial charge in [-0.2, -0.15) is 8.78 Å². The van der Waals surface area contributed by atoms with Crippen LogP contribution < -0.4 is 14.8 Å². The van der Waals surface area contributed by atoms with Crippen molar-refractivity contribution in [3.8, 4) is 22.8 Å². The molecular weight excluding hydrogens is 390 g/mol. The van der Waals surface area contributed by atoms with Crippen molar-refractivity contribution >= 4 is 5.91 Å². The lowest BCUT2D eigenvalue weighted by Crippen LogP contribution is -2.26. The van der Waals surface area contributed by atoms with Crippen LogP contribution in [0.4, 0.5) is 8.78 Å². The number of carbonyl (C=O) groups is 1. The summed E-state index contributed by atoms with van der Waals surface area (Å²) in [6, 6.07) is 18.1. The number of hydrogen-bond donors (Lipinski definition) is 1. The van der Waals surface area contributed by atoms with Gasteiger partial charge in [-0.15, -0.1) is 0 Å². The number of halogens is 2. The third-order valence-corrected chi connectivity index (χ3v) is 4.54. The number of nitrogens with one attached hydrogen (secondary N) is 1. The lowest BCUT2D eigenvalue weighted by Gasteiger charge is -2.12. The molecule has 0 spiro atoms. The largest absolute Gasteiger partial charge is 0.493 e. The topological polar surface area (TPSA) is 60.5 Å². The maximum atomic E-state index is 12.5. The molecule has 5 nitrogen and oxygen atoms in total. The summed E-state index contributed by atoms with van der Waals surface area (Å²) in [5.41, 5.74) is 3.64. The second kappa shape index (κ2) is 9.82. The van der Waals surface area contributed by atoms with Crippen LogP contribution in [0.1, 0.15) is 21.6 Å². The highest BCUT2D eigenvalue weighted by atomic mass is 19.3. The van der Waals surface area contributed by atoms with Gasteiger partial charge in [0.25, 0.3) is 5.91 Å². The predicted octanol–water partition coefficient (Wildman–Crippen LogP) is 4.64. The molecule has 0 aliphatic carbocycles. The molecule has 1 heterocycles. The molecule has 3 rings (SSSR count). The zero-order valence-electron chi connectivity index (χ0n) is 16.7. The number of nitrogens with zero attached hydrogens (tertiary/aromatic N) is 1. The van der Waals surface area contributed by atoms with Crippen LogP contribution in [0.2, 0.25) is 0 Å². The van der Waals surface area contributed by atoms with Gasteiger partial charge < -0.3 is 14.8 Å². The highest BCUT2D eigenvalue weighted by Crippen LogP contribution is 2.29. The van der Waals surface area contributed by atoms with Gasteiger partial charge in [0.1, 0.15) is 0 Å². The van der Waals surface area contributed by atoms with E-state index in [0.717, 1.165) is 16.8 Å². The number of ether oxygens (including phenoxy) is 2. The molecule has 1 amide bonds. The van der Waals surface area contributed by atoms with Crippen molar-refractivity contribution in [2.24, 2.45) is 0 Å². The second-order valence-electron chi connectivity index (χ2n) is 6.57. The first-order valence-corrected chi connectivity index (χ1v) is 9.41. The van der Waals surface area contributed by atoms with E-state index in [2.05, 4.69) is 15.0 Å². The van der Waals surface area contributed by atoms with E-state index < -0.39 is 6.61 Å². The van der Waals surface area contributed by atoms with E-state index in [-0.39, 0.29) is 17.4 Å². The fraction of sp³-hybridized carbons (Fsp3) is 0.217. The van der Waals surface area contributed by atoms with Gasteiger partial charge in [-0.3, -0.25) is 9.78 Å². The van der Waals surface area contributed by atoms with Crippen molar-refractivity contribution in [1.82, 2.24) is 10.3 Å². The summed E-state index contributed by atoms with van der Waals surface area (Å²) >= 11 is 0. The Balaban J connectivity index is 1.62. The number of amides is 1. The Kier molecular flexibility index (Phi) is 6.95. The zero-order valence-corrected chi connectivity index (χ0v) is 16.7. The van der Waals surface area contributed by atoms with Crippen molar-refractivity contribution in [3.63, 3.8) is 0 Å². The number of aromatic nitrogens is 1. The summed E-state index contributed by atoms with van der Waals surface area (Å²) in [6.45, 7) is -0.819. The van der Waals surface area contributed by atoms with E-state index in [1.807, 2.05) is 36.4 Å². The molecular formula is C23H22F2N2O3. The van der Waals surface area contributed by atoms with Crippen molar-refractivity contribution in [3.05, 3.63) is 77.5 Å². The normalized spacial score (nSPS) is 10.7. The Labute approximate surface area is 173 Å². The molecule has 0 radical (unpaired) electrons. The highest BCUT2D eigenvalue weighted by molar-refractivity contribution is 5.95. The van der Waals surface area contributed by atoms with E-state index in [1.165, 1.54) is 13.2 Å². The minimum atomic E-state index is -2.94. The molecule has 0 fully saturated rings. The quantitative estimate of drug-likeness (QED) is 0.586. The summed E-state index contributed by atoms with van der Waals surface area (Å²) in [7, 11) is 1.38. The lowest BCUT2D eigenvalue weighted by molar-refractivity contribution is -0.0512. The molecule has 1 N–H and O–H groups in total. The summed E-state index contributed by atoms with van der Waals surface area (Å²) in [6.07, 6.45) is 0.448. The number of rotatable bonds is 8. The van der Waals surface area contributed by atoms with E-state index >= 15 is 0 Å². The molecule has 1 aromatic heterocycles. The molecule has 0 atom stereocenters. The Morgan fingerprint density at radius 1 is 1.07 bits per heavy atom. The number of aryl methyl sites for hydroxylation is 1. The average molecular weight is 412 g/mol. The number of benzene rings is 2. The number of pyridine rings is 1. The van der Waals surface area contributed by atoms with Crippen molar-refractivity contribution in [1.29, 1.82) is 0 Å². The molecule has 0 saturated heterocycles. The molecule has 7 heteroatoms. The number of alkyl halides is 2. The second-order valence-corrected chi connectivity index (χ2v) is 6.57. The Bertz CT molecular complexity index is 1010. The average Bonchev–Trinajstić information content (AvgIpc) is 2.74. The van der Waals surface area contributed by atoms with Crippen LogP contribution >= 0.6 is 0 Å². The van der Waals surface area contributed by atoms with E-state index in [9.17, 15) is 13.6 Å². The lowest BCUT2D eigenvalue weighted by atomic mass is 10.1. The molecule has 0 bridgehead atoms. The highest BCUT2D eigenvalue weighted by Gasteiger charge is 2.13. The third kappa shape index (κ3) is 5.31. The maximum Gasteiger partial charge on any atom is 0.387 e. The van der Waals surface area contributed by atoms with Gasteiger partial charge in [0.05, 0.1) is 24.1 Å². The molecule has 30 heavy (non-hydrogen) atoms. The smallest absolute Gasteiger partial charge is 0.387 e. The fourth-order valence-electron chi connectivity index (χ4n) is 3.05. The van der Waals surface area contributed by atoms with Gasteiger partial charge in [-0.05, 0) is 43.2 Å². The first-order chi connectivity index (χ1) is 14.5. The summed E-state index contributed by atoms with van der Waals surface area (Å²) in [4.78, 5) is 17.0. The van der Waals surface area contributed by atoms with E-state index in [0.29, 0.717) is 24.2 Å². The van der Waals surface area contributed by atoms with Crippen molar-refractivity contribution in [2.45, 2.75) is 20.0 Å². The Hall–Kier alpha value is -3.48. The first-order valence-electron chi connectivity index (χ1n) is 9.41. The molecule has 0 aliphatic heterocycles. The standard InChI is InChI=1S/C23H22F2N2O3/c1-15-18(9-10-19(27-15)17-6-4-3-5-7-17)22(28)26-13-12-16-8-11-20(29-2)21(14-16)30-23(24)25/h3-11,14,23H,12-13H2,1-2H3,(H,26,28). The van der Waals surface area contributed by atoms with Gasteiger partial charge in [0.15, 0.2) is 11.5 Å². The molecule has 0 saturated carbocycles. The SMILES string of the molecule is COc1ccc(CCNC(=O)c2ccc(-c3ccccc3)nc2C)cc1OC(F)F. The minimum absolute atomic E-state index is 0.0344. The molecule has 0 unspecified atom stereocenters. The van der Waals surface area contributed by atoms with Crippen molar-refractivity contribution < 1.29 is 23.0 Å². The van der Waals surface area contributed by atoms with Gasteiger partial charge >= 0.3 is 6.61 Å². The zero-order chi connectivity index (χ0) is 21.5. The Morgan fingerprint density at radius 2 is 1.83 bits per heavy atom. The first kappa shape index (κ1) is 21.2. The molecule has 0 aliphatic rings. The van der Waals surface area contributed by atoms with Crippen LogP contribution in [0.3, 0.4) is 0 Å². The van der Waals surface area contributed by atoms with E-state index in [1.54, 1.807) is 25.1 Å². The summed E-state index contributed by atoms with van der Waals surface area (Å²) in [5.74, 6) is -0.0478. The van der Waals surface area contributed by atoms with Crippen LogP contribution in [-0.2, 0) is 6.42 Å². The van der Waals surface area contributed by atoms with Crippen LogP contribution in [0, 0.1) is 6.92 Å². The summed E-state index contributed by atoms with van der Waals surface area (Å²) in [5, 5.41) is 2.84. The van der Waals surface area contributed by atoms with Gasteiger partial charge in [0.2, 0.25) is 0 Å². The number of methoxy groups -OCH3 is 1. The Morgan fingerprint density at radius 3 is 2.50 bits per heavy atom. The predicted molar refractivity (Wildman–Crippen MR) is 110 cm³/mol. The number of hydrogen-bond acceptors (Lipinski definition) is 4. The third-order valence-electron chi connectivity index (χ3n) is 4.54. The van der Waals surface area contributed by atoms with Gasteiger partial charge in [-0.25, -0.2) is 0 Å². The monoisotopic (exact) mass is 412 g/mol. The minimum Gasteiger partial charge on any atom is -0.493 e. The number of carbonyl (C=O) groups excluding carboxylic acids is 1. The maximum absolute atomic E-state index is 12.5. The van der Waals surface area contributed by atoms with Crippen LogP contribution in [0.25, 0.3) is 11.3 Å². The summed E-state index contributed by atoms with van der Waals surface area (Å²) < 4.78 is 34.6. The molecule has 3 aromatic rings. The van der Waals surface area contributed by atoms with E-state index in [4.69, 9.17) is 4.74 Å². The fourth-order valence-corrected chi connectivity index (χ4v) is 3.05. The molecule has 2 aromatic carbocycles.